The molecule has 0 bridgehead atoms. The Kier molecular flexibility index (Phi) is 6.28. The number of aromatic nitrogens is 3. The van der Waals surface area contributed by atoms with Crippen molar-refractivity contribution >= 4 is 34.2 Å². The average molecular weight is 451 g/mol. The molecule has 4 aromatic rings. The van der Waals surface area contributed by atoms with Crippen molar-refractivity contribution in [2.45, 2.75) is 20.3 Å². The van der Waals surface area contributed by atoms with E-state index in [-0.39, 0.29) is 18.9 Å². The maximum absolute atomic E-state index is 12.5. The van der Waals surface area contributed by atoms with E-state index in [0.717, 1.165) is 22.2 Å². The van der Waals surface area contributed by atoms with Gasteiger partial charge in [0.2, 0.25) is 5.91 Å². The second kappa shape index (κ2) is 9.28. The maximum atomic E-state index is 12.5. The Morgan fingerprint density at radius 1 is 1.12 bits per heavy atom. The number of fused-ring (bicyclic) bond motifs is 1. The Labute approximate surface area is 190 Å². The maximum Gasteiger partial charge on any atom is 0.228 e. The number of nitrogens with zero attached hydrogens (tertiary/aromatic N) is 3. The Morgan fingerprint density at radius 3 is 2.66 bits per heavy atom. The van der Waals surface area contributed by atoms with E-state index in [0.29, 0.717) is 28.2 Å². The Hall–Kier alpha value is -3.58. The smallest absolute Gasteiger partial charge is 0.228 e. The van der Waals surface area contributed by atoms with Crippen molar-refractivity contribution in [1.29, 1.82) is 0 Å². The van der Waals surface area contributed by atoms with Gasteiger partial charge in [-0.1, -0.05) is 23.7 Å². The third-order valence-corrected chi connectivity index (χ3v) is 5.20. The Morgan fingerprint density at radius 2 is 1.91 bits per heavy atom. The summed E-state index contributed by atoms with van der Waals surface area (Å²) < 4.78 is 12.7. The van der Waals surface area contributed by atoms with Crippen LogP contribution in [0.4, 0.5) is 5.82 Å². The van der Waals surface area contributed by atoms with Gasteiger partial charge >= 0.3 is 0 Å². The van der Waals surface area contributed by atoms with Crippen LogP contribution < -0.4 is 14.8 Å². The van der Waals surface area contributed by atoms with Gasteiger partial charge in [-0.25, -0.2) is 4.98 Å². The molecule has 0 atom stereocenters. The van der Waals surface area contributed by atoms with E-state index in [1.807, 2.05) is 38.1 Å². The van der Waals surface area contributed by atoms with Gasteiger partial charge in [-0.15, -0.1) is 0 Å². The summed E-state index contributed by atoms with van der Waals surface area (Å²) in [5.41, 5.74) is 2.54. The van der Waals surface area contributed by atoms with Gasteiger partial charge in [0.15, 0.2) is 5.82 Å². The monoisotopic (exact) mass is 450 g/mol. The summed E-state index contributed by atoms with van der Waals surface area (Å²) in [4.78, 5) is 17.3. The molecule has 0 unspecified atom stereocenters. The van der Waals surface area contributed by atoms with E-state index in [1.165, 1.54) is 0 Å². The fourth-order valence-electron chi connectivity index (χ4n) is 3.41. The summed E-state index contributed by atoms with van der Waals surface area (Å²) >= 11 is 5.87. The predicted molar refractivity (Wildman–Crippen MR) is 125 cm³/mol. The quantitative estimate of drug-likeness (QED) is 0.423. The molecule has 0 aliphatic carbocycles. The van der Waals surface area contributed by atoms with Gasteiger partial charge in [-0.2, -0.15) is 9.78 Å². The number of carbonyl (C=O) groups is 1. The fraction of sp³-hybridized carbons (Fsp3) is 0.208. The molecule has 1 amide bonds. The molecular formula is C24H23ClN4O3. The molecule has 4 rings (SSSR count). The number of aryl methyl sites for hydroxylation is 2. The van der Waals surface area contributed by atoms with Crippen LogP contribution >= 0.6 is 11.6 Å². The first-order valence-electron chi connectivity index (χ1n) is 10.1. The number of ether oxygens (including phenoxy) is 2. The lowest BCUT2D eigenvalue weighted by Gasteiger charge is -2.12. The molecule has 1 N–H and O–H groups in total. The largest absolute Gasteiger partial charge is 0.494 e. The van der Waals surface area contributed by atoms with Crippen LogP contribution in [0, 0.1) is 13.8 Å². The van der Waals surface area contributed by atoms with E-state index >= 15 is 0 Å². The third kappa shape index (κ3) is 4.68. The Bertz CT molecular complexity index is 1270. The van der Waals surface area contributed by atoms with Crippen molar-refractivity contribution in [2.75, 3.05) is 19.0 Å². The molecule has 2 aromatic carbocycles. The van der Waals surface area contributed by atoms with Gasteiger partial charge in [-0.05, 0) is 55.8 Å². The fourth-order valence-corrected chi connectivity index (χ4v) is 3.53. The zero-order valence-corrected chi connectivity index (χ0v) is 18.8. The normalized spacial score (nSPS) is 10.9. The van der Waals surface area contributed by atoms with Crippen LogP contribution in [0.2, 0.25) is 5.02 Å². The zero-order chi connectivity index (χ0) is 22.7. The van der Waals surface area contributed by atoms with Gasteiger partial charge in [0, 0.05) is 16.5 Å². The van der Waals surface area contributed by atoms with Gasteiger partial charge in [0.1, 0.15) is 22.8 Å². The molecule has 164 valence electrons. The van der Waals surface area contributed by atoms with Gasteiger partial charge < -0.3 is 14.8 Å². The van der Waals surface area contributed by atoms with Crippen LogP contribution in [0.1, 0.15) is 17.7 Å². The molecule has 2 aromatic heterocycles. The molecule has 8 heteroatoms. The first-order chi connectivity index (χ1) is 15.4. The molecule has 32 heavy (non-hydrogen) atoms. The van der Waals surface area contributed by atoms with E-state index in [4.69, 9.17) is 26.1 Å². The van der Waals surface area contributed by atoms with Crippen LogP contribution in [0.3, 0.4) is 0 Å². The van der Waals surface area contributed by atoms with Crippen LogP contribution in [-0.2, 0) is 4.79 Å². The highest BCUT2D eigenvalue weighted by Gasteiger charge is 2.15. The van der Waals surface area contributed by atoms with Crippen molar-refractivity contribution in [3.63, 3.8) is 0 Å². The number of amides is 1. The number of benzene rings is 2. The molecule has 0 fully saturated rings. The SMILES string of the molecule is COc1cccc2c(C)cc(-n3nc(C)cc3NC(=O)CCOc3ccc(Cl)cc3)nc12. The summed E-state index contributed by atoms with van der Waals surface area (Å²) in [6.45, 7) is 4.12. The molecule has 0 spiro atoms. The first-order valence-corrected chi connectivity index (χ1v) is 10.5. The van der Waals surface area contributed by atoms with E-state index in [2.05, 4.69) is 10.4 Å². The number of para-hydroxylation sites is 1. The molecular weight excluding hydrogens is 428 g/mol. The van der Waals surface area contributed by atoms with Crippen LogP contribution in [0.5, 0.6) is 11.5 Å². The number of hydrogen-bond acceptors (Lipinski definition) is 5. The third-order valence-electron chi connectivity index (χ3n) is 4.94. The molecule has 0 radical (unpaired) electrons. The lowest BCUT2D eigenvalue weighted by Crippen LogP contribution is -2.18. The molecule has 0 saturated carbocycles. The van der Waals surface area contributed by atoms with Crippen molar-refractivity contribution in [2.24, 2.45) is 0 Å². The van der Waals surface area contributed by atoms with E-state index in [9.17, 15) is 4.79 Å². The second-order valence-electron chi connectivity index (χ2n) is 7.34. The number of carbonyl (C=O) groups excluding carboxylic acids is 1. The van der Waals surface area contributed by atoms with Gasteiger partial charge in [-0.3, -0.25) is 4.79 Å². The van der Waals surface area contributed by atoms with Crippen molar-refractivity contribution < 1.29 is 14.3 Å². The summed E-state index contributed by atoms with van der Waals surface area (Å²) in [6, 6.07) is 16.6. The molecule has 7 nitrogen and oxygen atoms in total. The summed E-state index contributed by atoms with van der Waals surface area (Å²) in [5, 5.41) is 9.07. The topological polar surface area (TPSA) is 78.3 Å². The number of hydrogen-bond donors (Lipinski definition) is 1. The highest BCUT2D eigenvalue weighted by atomic mass is 35.5. The van der Waals surface area contributed by atoms with Crippen molar-refractivity contribution in [1.82, 2.24) is 14.8 Å². The molecule has 0 aliphatic heterocycles. The van der Waals surface area contributed by atoms with Crippen molar-refractivity contribution in [3.05, 3.63) is 70.9 Å². The average Bonchev–Trinajstić information content (AvgIpc) is 3.14. The molecule has 2 heterocycles. The number of halogens is 1. The van der Waals surface area contributed by atoms with Gasteiger partial charge in [0.05, 0.1) is 25.8 Å². The minimum Gasteiger partial charge on any atom is -0.494 e. The summed E-state index contributed by atoms with van der Waals surface area (Å²) in [6.07, 6.45) is 0.185. The standard InChI is InChI=1S/C24H23ClN4O3/c1-15-13-21(27-24-19(15)5-4-6-20(24)31-3)29-22(14-16(2)28-29)26-23(30)11-12-32-18-9-7-17(25)8-10-18/h4-10,13-14H,11-12H2,1-3H3,(H,26,30). The van der Waals surface area contributed by atoms with Crippen LogP contribution in [-0.4, -0.2) is 34.4 Å². The number of nitrogens with one attached hydrogen (secondary N) is 1. The minimum atomic E-state index is -0.185. The van der Waals surface area contributed by atoms with Crippen LogP contribution in [0.25, 0.3) is 16.7 Å². The number of pyridine rings is 1. The first kappa shape index (κ1) is 21.6. The summed E-state index contributed by atoms with van der Waals surface area (Å²) in [7, 11) is 1.62. The number of rotatable bonds is 7. The highest BCUT2D eigenvalue weighted by molar-refractivity contribution is 6.30. The number of methoxy groups -OCH3 is 1. The number of anilines is 1. The van der Waals surface area contributed by atoms with E-state index in [1.54, 1.807) is 42.1 Å². The predicted octanol–water partition coefficient (Wildman–Crippen LogP) is 5.11. The van der Waals surface area contributed by atoms with Crippen LogP contribution in [0.15, 0.2) is 54.6 Å². The lowest BCUT2D eigenvalue weighted by molar-refractivity contribution is -0.116. The zero-order valence-electron chi connectivity index (χ0n) is 18.1. The van der Waals surface area contributed by atoms with E-state index < -0.39 is 0 Å². The van der Waals surface area contributed by atoms with Gasteiger partial charge in [0.25, 0.3) is 0 Å². The second-order valence-corrected chi connectivity index (χ2v) is 7.77. The lowest BCUT2D eigenvalue weighted by atomic mass is 10.1. The molecule has 0 saturated heterocycles. The highest BCUT2D eigenvalue weighted by Crippen LogP contribution is 2.28. The van der Waals surface area contributed by atoms with Crippen molar-refractivity contribution in [3.8, 4) is 17.3 Å². The summed E-state index contributed by atoms with van der Waals surface area (Å²) in [5.74, 6) is 2.30. The minimum absolute atomic E-state index is 0.185. The molecule has 0 aliphatic rings. The Balaban J connectivity index is 1.53.